The summed E-state index contributed by atoms with van der Waals surface area (Å²) in [4.78, 5) is 28.4. The van der Waals surface area contributed by atoms with Crippen LogP contribution in [0.5, 0.6) is 0 Å². The monoisotopic (exact) mass is 353 g/mol. The molecule has 25 heavy (non-hydrogen) atoms. The van der Waals surface area contributed by atoms with E-state index in [9.17, 15) is 9.59 Å². The lowest BCUT2D eigenvalue weighted by Gasteiger charge is -2.26. The summed E-state index contributed by atoms with van der Waals surface area (Å²) >= 11 is 0. The van der Waals surface area contributed by atoms with Crippen LogP contribution in [0.1, 0.15) is 40.8 Å². The van der Waals surface area contributed by atoms with Crippen molar-refractivity contribution < 1.29 is 23.7 Å². The fraction of sp³-hybridized carbons (Fsp3) is 0.688. The summed E-state index contributed by atoms with van der Waals surface area (Å²) in [5.41, 5.74) is 4.25. The molecule has 0 amide bonds. The summed E-state index contributed by atoms with van der Waals surface area (Å²) in [6.07, 6.45) is -1.78. The Balaban J connectivity index is 1.93. The highest BCUT2D eigenvalue weighted by atomic mass is 16.8. The van der Waals surface area contributed by atoms with Gasteiger partial charge in [0.25, 0.3) is 0 Å². The third-order valence-electron chi connectivity index (χ3n) is 3.79. The third kappa shape index (κ3) is 3.53. The van der Waals surface area contributed by atoms with Gasteiger partial charge in [0.2, 0.25) is 0 Å². The Labute approximate surface area is 145 Å². The van der Waals surface area contributed by atoms with Crippen LogP contribution in [0.15, 0.2) is 17.1 Å². The Morgan fingerprint density at radius 3 is 2.56 bits per heavy atom. The van der Waals surface area contributed by atoms with Crippen molar-refractivity contribution in [2.45, 2.75) is 70.5 Å². The highest BCUT2D eigenvalue weighted by Gasteiger charge is 2.59. The number of carbonyl (C=O) groups excluding carboxylic acids is 1. The SMILES string of the molecule is CC(C)(C)OC(=O)[C@H]1O[C@@H](n2ccc(N)nc2=O)C2OC(C)(C)O[C@H]21. The molecule has 138 valence electrons. The number of anilines is 1. The molecule has 0 spiro atoms. The summed E-state index contributed by atoms with van der Waals surface area (Å²) in [6.45, 7) is 8.76. The van der Waals surface area contributed by atoms with Crippen LogP contribution in [0.25, 0.3) is 0 Å². The molecule has 2 saturated heterocycles. The largest absolute Gasteiger partial charge is 0.458 e. The van der Waals surface area contributed by atoms with Gasteiger partial charge < -0.3 is 24.7 Å². The van der Waals surface area contributed by atoms with Gasteiger partial charge in [0, 0.05) is 6.20 Å². The molecule has 0 aromatic carbocycles. The summed E-state index contributed by atoms with van der Waals surface area (Å²) < 4.78 is 24.1. The van der Waals surface area contributed by atoms with E-state index in [0.29, 0.717) is 0 Å². The minimum atomic E-state index is -1.01. The number of nitrogens with zero attached hydrogens (tertiary/aromatic N) is 2. The minimum Gasteiger partial charge on any atom is -0.458 e. The van der Waals surface area contributed by atoms with Gasteiger partial charge in [-0.3, -0.25) is 4.57 Å². The molecule has 0 radical (unpaired) electrons. The van der Waals surface area contributed by atoms with Crippen LogP contribution >= 0.6 is 0 Å². The number of aromatic nitrogens is 2. The first-order valence-corrected chi connectivity index (χ1v) is 8.05. The van der Waals surface area contributed by atoms with E-state index in [4.69, 9.17) is 24.7 Å². The van der Waals surface area contributed by atoms with E-state index in [1.54, 1.807) is 34.6 Å². The number of hydrogen-bond donors (Lipinski definition) is 1. The normalized spacial score (nSPS) is 30.9. The zero-order valence-corrected chi connectivity index (χ0v) is 14.9. The maximum Gasteiger partial charge on any atom is 0.351 e. The molecule has 1 aromatic rings. The molecule has 0 saturated carbocycles. The molecule has 1 aromatic heterocycles. The van der Waals surface area contributed by atoms with E-state index in [2.05, 4.69) is 4.98 Å². The highest BCUT2D eigenvalue weighted by molar-refractivity contribution is 5.76. The lowest BCUT2D eigenvalue weighted by atomic mass is 10.1. The van der Waals surface area contributed by atoms with Gasteiger partial charge >= 0.3 is 11.7 Å². The van der Waals surface area contributed by atoms with Crippen LogP contribution < -0.4 is 11.4 Å². The summed E-state index contributed by atoms with van der Waals surface area (Å²) in [5, 5.41) is 0. The minimum absolute atomic E-state index is 0.100. The van der Waals surface area contributed by atoms with Crippen molar-refractivity contribution in [3.8, 4) is 0 Å². The van der Waals surface area contributed by atoms with Crippen molar-refractivity contribution in [3.05, 3.63) is 22.7 Å². The average molecular weight is 353 g/mol. The van der Waals surface area contributed by atoms with Crippen LogP contribution in [-0.2, 0) is 23.7 Å². The van der Waals surface area contributed by atoms with Gasteiger partial charge in [-0.1, -0.05) is 0 Å². The molecule has 4 atom stereocenters. The zero-order chi connectivity index (χ0) is 18.6. The molecule has 9 heteroatoms. The van der Waals surface area contributed by atoms with Crippen LogP contribution in [0.4, 0.5) is 5.82 Å². The van der Waals surface area contributed by atoms with Gasteiger partial charge in [-0.2, -0.15) is 4.98 Å². The fourth-order valence-electron chi connectivity index (χ4n) is 2.97. The number of rotatable bonds is 2. The van der Waals surface area contributed by atoms with Crippen LogP contribution in [-0.4, -0.2) is 45.2 Å². The number of nitrogens with two attached hydrogens (primary N) is 1. The second-order valence-corrected chi connectivity index (χ2v) is 7.59. The van der Waals surface area contributed by atoms with Gasteiger partial charge in [-0.15, -0.1) is 0 Å². The fourth-order valence-corrected chi connectivity index (χ4v) is 2.97. The number of ether oxygens (including phenoxy) is 4. The molecule has 2 fully saturated rings. The molecule has 2 N–H and O–H groups in total. The summed E-state index contributed by atoms with van der Waals surface area (Å²) in [6, 6.07) is 1.47. The first-order valence-electron chi connectivity index (χ1n) is 8.05. The van der Waals surface area contributed by atoms with E-state index in [1.807, 2.05) is 0 Å². The predicted octanol–water partition coefficient (Wildman–Crippen LogP) is 0.585. The van der Waals surface area contributed by atoms with Crippen molar-refractivity contribution in [2.24, 2.45) is 0 Å². The Morgan fingerprint density at radius 2 is 1.96 bits per heavy atom. The number of nitrogen functional groups attached to an aromatic ring is 1. The molecule has 2 aliphatic rings. The number of carbonyl (C=O) groups is 1. The zero-order valence-electron chi connectivity index (χ0n) is 14.9. The molecule has 1 unspecified atom stereocenters. The lowest BCUT2D eigenvalue weighted by molar-refractivity contribution is -0.208. The maximum atomic E-state index is 12.5. The van der Waals surface area contributed by atoms with Crippen molar-refractivity contribution in [3.63, 3.8) is 0 Å². The number of fused-ring (bicyclic) bond motifs is 1. The van der Waals surface area contributed by atoms with Gasteiger partial charge in [0.05, 0.1) is 0 Å². The average Bonchev–Trinajstić information content (AvgIpc) is 2.90. The smallest absolute Gasteiger partial charge is 0.351 e. The third-order valence-corrected chi connectivity index (χ3v) is 3.79. The van der Waals surface area contributed by atoms with E-state index in [1.165, 1.54) is 16.8 Å². The first kappa shape index (κ1) is 17.8. The van der Waals surface area contributed by atoms with Crippen LogP contribution in [0.2, 0.25) is 0 Å². The van der Waals surface area contributed by atoms with Gasteiger partial charge in [-0.05, 0) is 40.7 Å². The Bertz CT molecular complexity index is 738. The molecule has 0 bridgehead atoms. The first-order chi connectivity index (χ1) is 11.5. The second-order valence-electron chi connectivity index (χ2n) is 7.59. The predicted molar refractivity (Wildman–Crippen MR) is 86.5 cm³/mol. The van der Waals surface area contributed by atoms with Crippen molar-refractivity contribution in [1.29, 1.82) is 0 Å². The highest BCUT2D eigenvalue weighted by Crippen LogP contribution is 2.43. The molecular weight excluding hydrogens is 330 g/mol. The molecule has 3 heterocycles. The molecular formula is C16H23N3O6. The lowest BCUT2D eigenvalue weighted by Crippen LogP contribution is -2.40. The summed E-state index contributed by atoms with van der Waals surface area (Å²) in [5.74, 6) is -1.38. The Morgan fingerprint density at radius 1 is 1.32 bits per heavy atom. The van der Waals surface area contributed by atoms with Gasteiger partial charge in [0.15, 0.2) is 18.1 Å². The van der Waals surface area contributed by atoms with Crippen molar-refractivity contribution in [1.82, 2.24) is 9.55 Å². The standard InChI is InChI=1S/C16H23N3O6/c1-15(2,3)25-13(20)11-9-10(24-16(4,5)23-9)12(22-11)19-7-6-8(17)18-14(19)21/h6-7,9-12H,1-5H3,(H2,17,18,21)/t9-,10?,11+,12-/m1/s1. The van der Waals surface area contributed by atoms with Gasteiger partial charge in [-0.25, -0.2) is 9.59 Å². The second kappa shape index (κ2) is 5.79. The molecule has 3 rings (SSSR count). The van der Waals surface area contributed by atoms with Crippen molar-refractivity contribution in [2.75, 3.05) is 5.73 Å². The number of hydrogen-bond acceptors (Lipinski definition) is 8. The topological polar surface area (TPSA) is 115 Å². The molecule has 2 aliphatic heterocycles. The Hall–Kier alpha value is -1.97. The Kier molecular flexibility index (Phi) is 4.13. The van der Waals surface area contributed by atoms with Crippen LogP contribution in [0.3, 0.4) is 0 Å². The molecule has 9 nitrogen and oxygen atoms in total. The van der Waals surface area contributed by atoms with E-state index >= 15 is 0 Å². The van der Waals surface area contributed by atoms with E-state index < -0.39 is 47.6 Å². The maximum absolute atomic E-state index is 12.5. The van der Waals surface area contributed by atoms with Gasteiger partial charge in [0.1, 0.15) is 23.6 Å². The van der Waals surface area contributed by atoms with E-state index in [-0.39, 0.29) is 5.82 Å². The molecule has 0 aliphatic carbocycles. The quantitative estimate of drug-likeness (QED) is 0.768. The van der Waals surface area contributed by atoms with Crippen LogP contribution in [0, 0.1) is 0 Å². The van der Waals surface area contributed by atoms with E-state index in [0.717, 1.165) is 0 Å². The number of esters is 1. The van der Waals surface area contributed by atoms with Crippen molar-refractivity contribution >= 4 is 11.8 Å². The summed E-state index contributed by atoms with van der Waals surface area (Å²) in [7, 11) is 0.